The maximum absolute atomic E-state index is 5.74. The third-order valence-corrected chi connectivity index (χ3v) is 19.3. The van der Waals surface area contributed by atoms with E-state index in [-0.39, 0.29) is 17.5 Å². The van der Waals surface area contributed by atoms with Crippen molar-refractivity contribution in [3.63, 3.8) is 0 Å². The average Bonchev–Trinajstić information content (AvgIpc) is 0.829. The topological polar surface area (TPSA) is 63.0 Å². The van der Waals surface area contributed by atoms with Gasteiger partial charge in [-0.15, -0.1) is 0 Å². The van der Waals surface area contributed by atoms with Crippen molar-refractivity contribution in [2.45, 2.75) is 52.4 Å². The smallest absolute Gasteiger partial charge is 0.252 e. The minimum absolute atomic E-state index is 0.0135. The first-order valence-electron chi connectivity index (χ1n) is 33.2. The summed E-state index contributed by atoms with van der Waals surface area (Å²) >= 11 is 0. The lowest BCUT2D eigenvalue weighted by Crippen LogP contribution is -2.61. The van der Waals surface area contributed by atoms with Gasteiger partial charge in [0.1, 0.15) is 0 Å². The van der Waals surface area contributed by atoms with E-state index in [9.17, 15) is 0 Å². The number of benzene rings is 12. The SMILES string of the molecule is CC(C)(C)c1ccc2c(c1)c1cc(C(C)(C)C)ccc1n2-c1ccc(-c2nc(-c3ccccc3)cc(-c3ccccc3)n2)cc1-c1cc(-c2ccccc2)nc(-c2ccc(-c3cc4c5c(c3)N(c3ccccc3)c3ccccc3B5c3ccccc3N4c3ccccc3)cc2)n1. The Hall–Kier alpha value is -11.7. The zero-order valence-electron chi connectivity index (χ0n) is 54.6. The first-order chi connectivity index (χ1) is 46.9. The molecule has 5 heterocycles. The molecule has 17 rings (SSSR count). The molecule has 7 nitrogen and oxygen atoms in total. The van der Waals surface area contributed by atoms with Crippen molar-refractivity contribution in [1.29, 1.82) is 0 Å². The highest BCUT2D eigenvalue weighted by atomic mass is 15.2. The summed E-state index contributed by atoms with van der Waals surface area (Å²) in [6.07, 6.45) is 0. The standard InChI is InChI=1S/C88H68BN7/c1-87(2,3)64-45-48-77-68(53-64)69-54-65(88(4,5)6)46-49-78(69)96(77)79-47-44-62(86-91-73(58-26-12-7-13-27-58)55-74(92-86)59-28-14-8-15-29-59)50-70(79)76-56-75(60-30-16-9-17-31-60)90-85(93-76)61-42-40-57(41-43-61)63-51-82-84-83(52-63)95(67-34-20-11-21-35-67)81-39-25-23-37-72(81)89(84)71-36-22-24-38-80(71)94(82)66-32-18-10-19-33-66/h7-56H,1-6H3. The summed E-state index contributed by atoms with van der Waals surface area (Å²) in [7, 11) is 0. The Balaban J connectivity index is 0.876. The number of hydrogen-bond donors (Lipinski definition) is 0. The fourth-order valence-electron chi connectivity index (χ4n) is 14.4. The molecule has 0 bridgehead atoms. The van der Waals surface area contributed by atoms with Gasteiger partial charge in [0.05, 0.1) is 39.5 Å². The van der Waals surface area contributed by atoms with Crippen molar-refractivity contribution in [2.24, 2.45) is 0 Å². The van der Waals surface area contributed by atoms with Gasteiger partial charge in [0, 0.05) is 78.3 Å². The van der Waals surface area contributed by atoms with Crippen LogP contribution >= 0.6 is 0 Å². The molecule has 2 aliphatic rings. The van der Waals surface area contributed by atoms with Crippen LogP contribution in [0.3, 0.4) is 0 Å². The van der Waals surface area contributed by atoms with Gasteiger partial charge in [-0.2, -0.15) is 0 Å². The van der Waals surface area contributed by atoms with E-state index < -0.39 is 0 Å². The largest absolute Gasteiger partial charge is 0.311 e. The second kappa shape index (κ2) is 23.1. The molecule has 0 N–H and O–H groups in total. The maximum atomic E-state index is 5.74. The molecule has 0 unspecified atom stereocenters. The molecule has 0 radical (unpaired) electrons. The Labute approximate surface area is 561 Å². The van der Waals surface area contributed by atoms with Crippen LogP contribution in [0.15, 0.2) is 303 Å². The van der Waals surface area contributed by atoms with Crippen LogP contribution in [-0.4, -0.2) is 31.2 Å². The highest BCUT2D eigenvalue weighted by Gasteiger charge is 2.43. The van der Waals surface area contributed by atoms with Crippen molar-refractivity contribution < 1.29 is 0 Å². The van der Waals surface area contributed by atoms with Crippen LogP contribution in [0.5, 0.6) is 0 Å². The molecule has 0 saturated carbocycles. The Morgan fingerprint density at radius 1 is 0.281 bits per heavy atom. The molecular weight excluding hydrogens is 1170 g/mol. The van der Waals surface area contributed by atoms with Gasteiger partial charge in [-0.05, 0) is 153 Å². The zero-order valence-corrected chi connectivity index (χ0v) is 54.6. The fraction of sp³-hybridized carbons (Fsp3) is 0.0909. The number of rotatable bonds is 10. The van der Waals surface area contributed by atoms with Crippen molar-refractivity contribution in [1.82, 2.24) is 24.5 Å². The van der Waals surface area contributed by atoms with Crippen LogP contribution in [0.2, 0.25) is 0 Å². The maximum Gasteiger partial charge on any atom is 0.252 e. The first-order valence-corrected chi connectivity index (χ1v) is 33.2. The van der Waals surface area contributed by atoms with E-state index in [1.54, 1.807) is 0 Å². The molecule has 0 spiro atoms. The monoisotopic (exact) mass is 1230 g/mol. The molecule has 12 aromatic carbocycles. The molecule has 0 amide bonds. The van der Waals surface area contributed by atoms with Crippen molar-refractivity contribution >= 4 is 79.0 Å². The summed E-state index contributed by atoms with van der Waals surface area (Å²) in [5.41, 5.74) is 27.4. The van der Waals surface area contributed by atoms with E-state index in [0.717, 1.165) is 107 Å². The normalized spacial score (nSPS) is 12.6. The van der Waals surface area contributed by atoms with E-state index >= 15 is 0 Å². The molecule has 0 fully saturated rings. The van der Waals surface area contributed by atoms with E-state index in [1.165, 1.54) is 49.7 Å². The zero-order chi connectivity index (χ0) is 64.8. The Bertz CT molecular complexity index is 5240. The van der Waals surface area contributed by atoms with Gasteiger partial charge in [0.15, 0.2) is 11.6 Å². The van der Waals surface area contributed by atoms with Crippen LogP contribution in [0, 0.1) is 0 Å². The summed E-state index contributed by atoms with van der Waals surface area (Å²) in [6.45, 7) is 13.8. The molecule has 458 valence electrons. The molecule has 0 saturated heterocycles. The summed E-state index contributed by atoms with van der Waals surface area (Å²) in [4.78, 5) is 27.0. The second-order valence-corrected chi connectivity index (χ2v) is 27.5. The van der Waals surface area contributed by atoms with Gasteiger partial charge in [0.25, 0.3) is 6.71 Å². The van der Waals surface area contributed by atoms with Gasteiger partial charge in [0.2, 0.25) is 0 Å². The molecule has 96 heavy (non-hydrogen) atoms. The molecule has 15 aromatic rings. The predicted molar refractivity (Wildman–Crippen MR) is 401 cm³/mol. The van der Waals surface area contributed by atoms with Crippen LogP contribution in [0.25, 0.3) is 106 Å². The van der Waals surface area contributed by atoms with Gasteiger partial charge >= 0.3 is 0 Å². The van der Waals surface area contributed by atoms with Crippen molar-refractivity contribution in [2.75, 3.05) is 9.80 Å². The minimum Gasteiger partial charge on any atom is -0.311 e. The molecule has 0 aliphatic carbocycles. The van der Waals surface area contributed by atoms with Crippen molar-refractivity contribution in [3.8, 4) is 84.6 Å². The van der Waals surface area contributed by atoms with E-state index in [4.69, 9.17) is 19.9 Å². The average molecular weight is 1230 g/mol. The van der Waals surface area contributed by atoms with Gasteiger partial charge in [-0.25, -0.2) is 19.9 Å². The molecule has 0 atom stereocenters. The lowest BCUT2D eigenvalue weighted by Gasteiger charge is -2.44. The molecule has 8 heteroatoms. The van der Waals surface area contributed by atoms with Crippen LogP contribution < -0.4 is 26.2 Å². The number of aromatic nitrogens is 5. The molecule has 2 aliphatic heterocycles. The van der Waals surface area contributed by atoms with E-state index in [0.29, 0.717) is 11.6 Å². The number of anilines is 6. The molecular formula is C88H68BN7. The van der Waals surface area contributed by atoms with Gasteiger partial charge in [-0.1, -0.05) is 242 Å². The highest BCUT2D eigenvalue weighted by Crippen LogP contribution is 2.47. The Kier molecular flexibility index (Phi) is 14.0. The summed E-state index contributed by atoms with van der Waals surface area (Å²) in [5, 5.41) is 2.41. The van der Waals surface area contributed by atoms with Crippen LogP contribution in [-0.2, 0) is 10.8 Å². The lowest BCUT2D eigenvalue weighted by atomic mass is 9.33. The second-order valence-electron chi connectivity index (χ2n) is 27.5. The molecule has 3 aromatic heterocycles. The minimum atomic E-state index is -0.0690. The van der Waals surface area contributed by atoms with Crippen LogP contribution in [0.1, 0.15) is 52.7 Å². The Morgan fingerprint density at radius 3 is 1.12 bits per heavy atom. The number of nitrogens with zero attached hydrogens (tertiary/aromatic N) is 7. The summed E-state index contributed by atoms with van der Waals surface area (Å²) in [6, 6.07) is 110. The van der Waals surface area contributed by atoms with Crippen molar-refractivity contribution in [3.05, 3.63) is 314 Å². The summed E-state index contributed by atoms with van der Waals surface area (Å²) in [5.74, 6) is 1.22. The lowest BCUT2D eigenvalue weighted by molar-refractivity contribution is 0.590. The van der Waals surface area contributed by atoms with Gasteiger partial charge < -0.3 is 14.4 Å². The first kappa shape index (κ1) is 58.1. The van der Waals surface area contributed by atoms with E-state index in [1.807, 2.05) is 12.1 Å². The quantitative estimate of drug-likeness (QED) is 0.127. The third kappa shape index (κ3) is 10.2. The predicted octanol–water partition coefficient (Wildman–Crippen LogP) is 20.7. The fourth-order valence-corrected chi connectivity index (χ4v) is 14.4. The third-order valence-electron chi connectivity index (χ3n) is 19.3. The van der Waals surface area contributed by atoms with Gasteiger partial charge in [-0.3, -0.25) is 0 Å². The number of hydrogen-bond acceptors (Lipinski definition) is 6. The van der Waals surface area contributed by atoms with E-state index in [2.05, 4.69) is 347 Å². The van der Waals surface area contributed by atoms with Crippen LogP contribution in [0.4, 0.5) is 34.1 Å². The number of fused-ring (bicyclic) bond motifs is 7. The Morgan fingerprint density at radius 2 is 0.667 bits per heavy atom. The summed E-state index contributed by atoms with van der Waals surface area (Å²) < 4.78 is 2.45. The number of para-hydroxylation sites is 4. The highest BCUT2D eigenvalue weighted by molar-refractivity contribution is 7.00.